The number of aldehydes is 2. The highest BCUT2D eigenvalue weighted by Gasteiger charge is 2.26. The monoisotopic (exact) mass is 912 g/mol. The number of nitrogens with two attached hydrogens (primary N) is 2. The van der Waals surface area contributed by atoms with Crippen molar-refractivity contribution in [2.24, 2.45) is 21.5 Å². The molecule has 4 unspecified atom stereocenters. The molecule has 12 nitrogen and oxygen atoms in total. The van der Waals surface area contributed by atoms with Gasteiger partial charge in [-0.15, -0.1) is 0 Å². The number of primary amides is 2. The first kappa shape index (κ1) is 51.1. The summed E-state index contributed by atoms with van der Waals surface area (Å²) in [5.74, 6) is -2.08. The number of aliphatic imine (C=N–C) groups is 2. The van der Waals surface area contributed by atoms with Gasteiger partial charge in [-0.2, -0.15) is 0 Å². The number of nitrogens with one attached hydrogen (secondary N) is 2. The van der Waals surface area contributed by atoms with Crippen molar-refractivity contribution < 1.29 is 28.8 Å². The van der Waals surface area contributed by atoms with Gasteiger partial charge < -0.3 is 22.1 Å². The standard InChI is InChI=1S/C56H60N6O6/c57-53(65)49(34-41-18-6-1-7-19-41)61-55(67)51(36-43-22-10-3-11-23-43)59-31-15-5-14-26-45(39-63)27-16-30-48(40-64)33-46-28-17-29-47(32-46)38-60-52(37-44-24-12-4-13-25-44)56(68)62-50(54(58)66)35-42-20-8-2-9-21-42/h1-4,6-13,17-26,28-32,38-40,49-52H,5,14-16,27,33-37H2,(H2,57,65)(H2,58,66)(H,61,67)(H,62,68)/b45-26-,48-30-,59-31?,60-38?. The van der Waals surface area contributed by atoms with Crippen LogP contribution in [0.3, 0.4) is 0 Å². The molecular weight excluding hydrogens is 853 g/mol. The smallest absolute Gasteiger partial charge is 0.245 e. The highest BCUT2D eigenvalue weighted by Crippen LogP contribution is 2.15. The first-order valence-corrected chi connectivity index (χ1v) is 22.9. The zero-order valence-corrected chi connectivity index (χ0v) is 38.2. The minimum Gasteiger partial charge on any atom is -0.368 e. The third-order valence-electron chi connectivity index (χ3n) is 11.2. The fourth-order valence-corrected chi connectivity index (χ4v) is 7.47. The van der Waals surface area contributed by atoms with Crippen molar-refractivity contribution in [2.75, 3.05) is 0 Å². The van der Waals surface area contributed by atoms with E-state index in [0.717, 1.165) is 46.0 Å². The lowest BCUT2D eigenvalue weighted by atomic mass is 10.0. The second kappa shape index (κ2) is 28.2. The number of hydrogen-bond donors (Lipinski definition) is 4. The predicted molar refractivity (Wildman–Crippen MR) is 268 cm³/mol. The molecule has 5 rings (SSSR count). The van der Waals surface area contributed by atoms with Gasteiger partial charge in [0.05, 0.1) is 0 Å². The molecule has 0 aliphatic rings. The Hall–Kier alpha value is -7.86. The van der Waals surface area contributed by atoms with Gasteiger partial charge in [0.2, 0.25) is 23.6 Å². The summed E-state index contributed by atoms with van der Waals surface area (Å²) in [6, 6.07) is 41.8. The largest absolute Gasteiger partial charge is 0.368 e. The van der Waals surface area contributed by atoms with Gasteiger partial charge in [0, 0.05) is 38.3 Å². The molecule has 5 aromatic rings. The van der Waals surface area contributed by atoms with E-state index in [0.29, 0.717) is 62.5 Å². The van der Waals surface area contributed by atoms with Crippen LogP contribution >= 0.6 is 0 Å². The lowest BCUT2D eigenvalue weighted by Crippen LogP contribution is -2.49. The Balaban J connectivity index is 1.14. The predicted octanol–water partition coefficient (Wildman–Crippen LogP) is 6.57. The molecular formula is C56H60N6O6. The lowest BCUT2D eigenvalue weighted by Gasteiger charge is -2.19. The van der Waals surface area contributed by atoms with Crippen LogP contribution in [0.5, 0.6) is 0 Å². The molecule has 12 heteroatoms. The second-order valence-corrected chi connectivity index (χ2v) is 16.5. The van der Waals surface area contributed by atoms with Gasteiger partial charge in [-0.3, -0.25) is 38.8 Å². The van der Waals surface area contributed by atoms with Gasteiger partial charge in [-0.05, 0) is 88.9 Å². The van der Waals surface area contributed by atoms with Crippen molar-refractivity contribution in [1.82, 2.24) is 10.6 Å². The number of rotatable bonds is 28. The van der Waals surface area contributed by atoms with Crippen molar-refractivity contribution in [1.29, 1.82) is 0 Å². The van der Waals surface area contributed by atoms with Crippen LogP contribution in [0, 0.1) is 0 Å². The molecule has 0 bridgehead atoms. The van der Waals surface area contributed by atoms with E-state index in [4.69, 9.17) is 11.5 Å². The van der Waals surface area contributed by atoms with Crippen LogP contribution in [0.2, 0.25) is 0 Å². The minimum atomic E-state index is -0.914. The van der Waals surface area contributed by atoms with Crippen LogP contribution in [-0.2, 0) is 60.9 Å². The summed E-state index contributed by atoms with van der Waals surface area (Å²) >= 11 is 0. The number of unbranched alkanes of at least 4 members (excludes halogenated alkanes) is 2. The molecule has 68 heavy (non-hydrogen) atoms. The van der Waals surface area contributed by atoms with Crippen LogP contribution in [-0.4, -0.2) is 72.8 Å². The molecule has 0 saturated heterocycles. The van der Waals surface area contributed by atoms with Crippen LogP contribution in [0.15, 0.2) is 179 Å². The van der Waals surface area contributed by atoms with Crippen molar-refractivity contribution in [2.45, 2.75) is 88.4 Å². The SMILES string of the molecule is NC(=O)C(Cc1ccccc1)NC(=O)C(Cc1ccccc1)N=CCCC/C=C(\C=O)CC/C=C(\C=O)Cc1cccc(C=NC(Cc2ccccc2)C(=O)NC(Cc2ccccc2)C(N)=O)c1. The molecule has 0 fully saturated rings. The highest BCUT2D eigenvalue weighted by molar-refractivity contribution is 5.92. The summed E-state index contributed by atoms with van der Waals surface area (Å²) in [6.07, 6.45) is 13.0. The summed E-state index contributed by atoms with van der Waals surface area (Å²) in [5, 5.41) is 5.62. The summed E-state index contributed by atoms with van der Waals surface area (Å²) < 4.78 is 0. The second-order valence-electron chi connectivity index (χ2n) is 16.5. The van der Waals surface area contributed by atoms with Gasteiger partial charge in [0.15, 0.2) is 0 Å². The first-order chi connectivity index (χ1) is 33.1. The van der Waals surface area contributed by atoms with Crippen molar-refractivity contribution in [3.8, 4) is 0 Å². The van der Waals surface area contributed by atoms with Gasteiger partial charge in [-0.1, -0.05) is 152 Å². The zero-order chi connectivity index (χ0) is 48.4. The number of hydrogen-bond acceptors (Lipinski definition) is 8. The van der Waals surface area contributed by atoms with Gasteiger partial charge in [0.25, 0.3) is 0 Å². The van der Waals surface area contributed by atoms with Crippen LogP contribution < -0.4 is 22.1 Å². The molecule has 0 aliphatic heterocycles. The molecule has 4 amide bonds. The number of carbonyl (C=O) groups excluding carboxylic acids is 6. The molecule has 0 saturated carbocycles. The van der Waals surface area contributed by atoms with E-state index in [-0.39, 0.29) is 12.8 Å². The summed E-state index contributed by atoms with van der Waals surface area (Å²) in [5.41, 5.74) is 17.7. The maximum absolute atomic E-state index is 13.6. The molecule has 0 aromatic heterocycles. The molecule has 5 aromatic carbocycles. The normalized spacial score (nSPS) is 13.6. The maximum atomic E-state index is 13.6. The topological polar surface area (TPSA) is 203 Å². The number of allylic oxidation sites excluding steroid dienone is 4. The average molecular weight is 913 g/mol. The Morgan fingerprint density at radius 3 is 1.41 bits per heavy atom. The molecule has 0 radical (unpaired) electrons. The van der Waals surface area contributed by atoms with Crippen LogP contribution in [0.4, 0.5) is 0 Å². The molecule has 6 N–H and O–H groups in total. The highest BCUT2D eigenvalue weighted by atomic mass is 16.2. The first-order valence-electron chi connectivity index (χ1n) is 22.9. The van der Waals surface area contributed by atoms with Crippen LogP contribution in [0.25, 0.3) is 0 Å². The molecule has 0 spiro atoms. The van der Waals surface area contributed by atoms with Gasteiger partial charge >= 0.3 is 0 Å². The minimum absolute atomic E-state index is 0.251. The van der Waals surface area contributed by atoms with E-state index in [1.165, 1.54) is 0 Å². The van der Waals surface area contributed by atoms with Crippen LogP contribution in [0.1, 0.15) is 65.5 Å². The fourth-order valence-electron chi connectivity index (χ4n) is 7.47. The Morgan fingerprint density at radius 1 is 0.500 bits per heavy atom. The Labute approximate surface area is 398 Å². The quantitative estimate of drug-likeness (QED) is 0.0189. The number of amides is 4. The van der Waals surface area contributed by atoms with Crippen molar-refractivity contribution in [3.05, 3.63) is 202 Å². The number of carbonyl (C=O) groups is 6. The molecule has 0 heterocycles. The molecule has 0 aliphatic carbocycles. The summed E-state index contributed by atoms with van der Waals surface area (Å²) in [4.78, 5) is 85.2. The van der Waals surface area contributed by atoms with E-state index in [2.05, 4.69) is 20.6 Å². The number of nitrogens with zero attached hydrogens (tertiary/aromatic N) is 2. The lowest BCUT2D eigenvalue weighted by molar-refractivity contribution is -0.128. The van der Waals surface area contributed by atoms with Crippen molar-refractivity contribution >= 4 is 48.6 Å². The van der Waals surface area contributed by atoms with E-state index in [9.17, 15) is 28.8 Å². The maximum Gasteiger partial charge on any atom is 0.245 e. The van der Waals surface area contributed by atoms with E-state index >= 15 is 0 Å². The molecule has 350 valence electrons. The van der Waals surface area contributed by atoms with E-state index < -0.39 is 47.8 Å². The Kier molecular flexibility index (Phi) is 21.2. The third-order valence-corrected chi connectivity index (χ3v) is 11.2. The Morgan fingerprint density at radius 2 is 0.941 bits per heavy atom. The zero-order valence-electron chi connectivity index (χ0n) is 38.2. The van der Waals surface area contributed by atoms with Gasteiger partial charge in [-0.25, -0.2) is 0 Å². The summed E-state index contributed by atoms with van der Waals surface area (Å²) in [7, 11) is 0. The van der Waals surface area contributed by atoms with E-state index in [1.807, 2.05) is 158 Å². The average Bonchev–Trinajstić information content (AvgIpc) is 3.35. The Bertz CT molecular complexity index is 2530. The van der Waals surface area contributed by atoms with Crippen molar-refractivity contribution in [3.63, 3.8) is 0 Å². The molecule has 4 atom stereocenters. The number of benzene rings is 5. The van der Waals surface area contributed by atoms with Gasteiger partial charge in [0.1, 0.15) is 36.7 Å². The summed E-state index contributed by atoms with van der Waals surface area (Å²) in [6.45, 7) is 0. The van der Waals surface area contributed by atoms with E-state index in [1.54, 1.807) is 12.4 Å². The third kappa shape index (κ3) is 18.2. The fraction of sp³-hybridized carbons (Fsp3) is 0.250.